The van der Waals surface area contributed by atoms with E-state index in [0.717, 1.165) is 70.1 Å². The molecule has 3 unspecified atom stereocenters. The third-order valence-corrected chi connectivity index (χ3v) is 8.70. The molecule has 37 heavy (non-hydrogen) atoms. The summed E-state index contributed by atoms with van der Waals surface area (Å²) in [7, 11) is 0. The fraction of sp³-hybridized carbons (Fsp3) is 0.621. The predicted molar refractivity (Wildman–Crippen MR) is 154 cm³/mol. The van der Waals surface area contributed by atoms with Crippen molar-refractivity contribution in [3.63, 3.8) is 0 Å². The van der Waals surface area contributed by atoms with Crippen LogP contribution in [0.25, 0.3) is 0 Å². The Labute approximate surface area is 232 Å². The SMILES string of the molecule is NC(=NC(Cc1ccc(OCCN2CCC2)c(Cl)c1)CN1CCCC1)C1CCN(C2=CCC(Cl)C=C2)C1. The van der Waals surface area contributed by atoms with Crippen LogP contribution in [0.4, 0.5) is 0 Å². The number of nitrogens with zero attached hydrogens (tertiary/aromatic N) is 4. The molecule has 0 radical (unpaired) electrons. The van der Waals surface area contributed by atoms with E-state index in [1.165, 1.54) is 43.6 Å². The first kappa shape index (κ1) is 26.9. The summed E-state index contributed by atoms with van der Waals surface area (Å²) in [4.78, 5) is 12.5. The van der Waals surface area contributed by atoms with Gasteiger partial charge >= 0.3 is 0 Å². The van der Waals surface area contributed by atoms with Gasteiger partial charge in [-0.3, -0.25) is 9.89 Å². The topological polar surface area (TPSA) is 57.3 Å². The van der Waals surface area contributed by atoms with Crippen LogP contribution in [-0.4, -0.2) is 90.9 Å². The highest BCUT2D eigenvalue weighted by Gasteiger charge is 2.28. The lowest BCUT2D eigenvalue weighted by molar-refractivity contribution is 0.147. The number of halogens is 2. The number of alkyl halides is 1. The average Bonchev–Trinajstić information content (AvgIpc) is 3.55. The van der Waals surface area contributed by atoms with Gasteiger partial charge in [-0.25, -0.2) is 0 Å². The monoisotopic (exact) mass is 545 g/mol. The number of nitrogens with two attached hydrogens (primary N) is 1. The molecule has 0 saturated carbocycles. The molecule has 1 aromatic carbocycles. The van der Waals surface area contributed by atoms with Crippen molar-refractivity contribution in [2.24, 2.45) is 16.6 Å². The highest BCUT2D eigenvalue weighted by molar-refractivity contribution is 6.32. The van der Waals surface area contributed by atoms with Crippen LogP contribution >= 0.6 is 23.2 Å². The quantitative estimate of drug-likeness (QED) is 0.251. The van der Waals surface area contributed by atoms with E-state index < -0.39 is 0 Å². The molecule has 3 saturated heterocycles. The number of amidine groups is 1. The normalized spacial score (nSPS) is 25.8. The van der Waals surface area contributed by atoms with E-state index in [-0.39, 0.29) is 17.3 Å². The molecule has 0 aromatic heterocycles. The summed E-state index contributed by atoms with van der Waals surface area (Å²) < 4.78 is 5.96. The Kier molecular flexibility index (Phi) is 9.35. The second kappa shape index (κ2) is 12.9. The molecule has 3 aliphatic heterocycles. The van der Waals surface area contributed by atoms with E-state index in [1.807, 2.05) is 12.1 Å². The van der Waals surface area contributed by atoms with Gasteiger partial charge < -0.3 is 20.3 Å². The molecular weight excluding hydrogens is 505 g/mol. The Balaban J connectivity index is 1.21. The molecule has 8 heteroatoms. The zero-order valence-electron chi connectivity index (χ0n) is 21.8. The first-order valence-corrected chi connectivity index (χ1v) is 14.8. The van der Waals surface area contributed by atoms with Crippen molar-refractivity contribution in [3.8, 4) is 5.75 Å². The lowest BCUT2D eigenvalue weighted by Gasteiger charge is -2.30. The van der Waals surface area contributed by atoms with Gasteiger partial charge in [-0.15, -0.1) is 11.6 Å². The van der Waals surface area contributed by atoms with Crippen LogP contribution < -0.4 is 10.5 Å². The third kappa shape index (κ3) is 7.44. The van der Waals surface area contributed by atoms with Gasteiger partial charge in [-0.2, -0.15) is 0 Å². The third-order valence-electron chi connectivity index (χ3n) is 8.08. The molecule has 3 fully saturated rings. The maximum absolute atomic E-state index is 6.67. The molecular formula is C29H41Cl2N5O. The van der Waals surface area contributed by atoms with Gasteiger partial charge in [0.05, 0.1) is 22.3 Å². The summed E-state index contributed by atoms with van der Waals surface area (Å²) >= 11 is 12.8. The average molecular weight is 547 g/mol. The van der Waals surface area contributed by atoms with E-state index in [1.54, 1.807) is 0 Å². The summed E-state index contributed by atoms with van der Waals surface area (Å²) in [6, 6.07) is 6.32. The van der Waals surface area contributed by atoms with Crippen LogP contribution in [-0.2, 0) is 6.42 Å². The molecule has 3 heterocycles. The molecule has 2 N–H and O–H groups in total. The van der Waals surface area contributed by atoms with E-state index in [2.05, 4.69) is 39.0 Å². The second-order valence-corrected chi connectivity index (χ2v) is 11.9. The van der Waals surface area contributed by atoms with Gasteiger partial charge in [-0.05, 0) is 88.5 Å². The van der Waals surface area contributed by atoms with Gasteiger partial charge in [-0.1, -0.05) is 29.8 Å². The van der Waals surface area contributed by atoms with Crippen LogP contribution in [0.5, 0.6) is 5.75 Å². The summed E-state index contributed by atoms with van der Waals surface area (Å²) in [5, 5.41) is 0.789. The molecule has 202 valence electrons. The second-order valence-electron chi connectivity index (χ2n) is 10.9. The van der Waals surface area contributed by atoms with Crippen LogP contribution in [0.2, 0.25) is 5.02 Å². The van der Waals surface area contributed by atoms with E-state index in [0.29, 0.717) is 11.6 Å². The van der Waals surface area contributed by atoms with Gasteiger partial charge in [0.2, 0.25) is 0 Å². The predicted octanol–water partition coefficient (Wildman–Crippen LogP) is 4.56. The molecule has 1 aromatic rings. The van der Waals surface area contributed by atoms with Crippen molar-refractivity contribution in [2.75, 3.05) is 59.0 Å². The van der Waals surface area contributed by atoms with Crippen molar-refractivity contribution in [3.05, 3.63) is 52.7 Å². The molecule has 3 atom stereocenters. The van der Waals surface area contributed by atoms with Gasteiger partial charge in [0, 0.05) is 37.8 Å². The number of hydrogen-bond donors (Lipinski definition) is 1. The number of benzene rings is 1. The standard InChI is InChI=1S/C29H41Cl2N5O/c30-24-5-7-26(8-6-24)36-15-10-23(20-36)29(32)33-25(21-35-11-1-2-12-35)18-22-4-9-28(27(31)19-22)37-17-16-34-13-3-14-34/h4-5,7-9,19,23-25H,1-3,6,10-18,20-21H2,(H2,32,33). The van der Waals surface area contributed by atoms with Crippen molar-refractivity contribution in [2.45, 2.75) is 49.9 Å². The largest absolute Gasteiger partial charge is 0.491 e. The molecule has 5 rings (SSSR count). The van der Waals surface area contributed by atoms with E-state index in [9.17, 15) is 0 Å². The van der Waals surface area contributed by atoms with Crippen molar-refractivity contribution < 1.29 is 4.74 Å². The summed E-state index contributed by atoms with van der Waals surface area (Å²) in [5.74, 6) is 1.84. The Morgan fingerprint density at radius 3 is 2.62 bits per heavy atom. The molecule has 4 aliphatic rings. The van der Waals surface area contributed by atoms with Gasteiger partial charge in [0.15, 0.2) is 0 Å². The molecule has 0 amide bonds. The Morgan fingerprint density at radius 2 is 1.92 bits per heavy atom. The van der Waals surface area contributed by atoms with Gasteiger partial charge in [0.25, 0.3) is 0 Å². The number of ether oxygens (including phenoxy) is 1. The van der Waals surface area contributed by atoms with E-state index >= 15 is 0 Å². The zero-order chi connectivity index (χ0) is 25.6. The number of rotatable bonds is 11. The Morgan fingerprint density at radius 1 is 1.11 bits per heavy atom. The minimum atomic E-state index is 0.111. The number of hydrogen-bond acceptors (Lipinski definition) is 5. The van der Waals surface area contributed by atoms with Gasteiger partial charge in [0.1, 0.15) is 12.4 Å². The fourth-order valence-corrected chi connectivity index (χ4v) is 6.15. The van der Waals surface area contributed by atoms with Crippen molar-refractivity contribution >= 4 is 29.0 Å². The minimum Gasteiger partial charge on any atom is -0.491 e. The first-order chi connectivity index (χ1) is 18.0. The lowest BCUT2D eigenvalue weighted by atomic mass is 10.0. The molecule has 0 bridgehead atoms. The van der Waals surface area contributed by atoms with E-state index in [4.69, 9.17) is 38.7 Å². The number of likely N-dealkylation sites (tertiary alicyclic amines) is 3. The maximum atomic E-state index is 6.67. The molecule has 1 aliphatic carbocycles. The number of aliphatic imine (C=N–C) groups is 1. The Bertz CT molecular complexity index is 1000. The highest BCUT2D eigenvalue weighted by Crippen LogP contribution is 2.28. The summed E-state index contributed by atoms with van der Waals surface area (Å²) in [5.41, 5.74) is 9.12. The molecule has 0 spiro atoms. The molecule has 6 nitrogen and oxygen atoms in total. The van der Waals surface area contributed by atoms with Crippen LogP contribution in [0.15, 0.2) is 47.1 Å². The Hall–Kier alpha value is -1.73. The van der Waals surface area contributed by atoms with Crippen LogP contribution in [0.1, 0.15) is 37.7 Å². The smallest absolute Gasteiger partial charge is 0.137 e. The summed E-state index contributed by atoms with van der Waals surface area (Å²) in [6.45, 7) is 9.16. The van der Waals surface area contributed by atoms with Crippen LogP contribution in [0, 0.1) is 5.92 Å². The fourth-order valence-electron chi connectivity index (χ4n) is 5.73. The van der Waals surface area contributed by atoms with Crippen molar-refractivity contribution in [1.29, 1.82) is 0 Å². The van der Waals surface area contributed by atoms with Crippen LogP contribution in [0.3, 0.4) is 0 Å². The zero-order valence-corrected chi connectivity index (χ0v) is 23.3. The summed E-state index contributed by atoms with van der Waals surface area (Å²) in [6.07, 6.45) is 13.1. The minimum absolute atomic E-state index is 0.111. The highest BCUT2D eigenvalue weighted by atomic mass is 35.5. The first-order valence-electron chi connectivity index (χ1n) is 14.0. The lowest BCUT2D eigenvalue weighted by Crippen LogP contribution is -2.39. The number of allylic oxidation sites excluding steroid dienone is 3. The van der Waals surface area contributed by atoms with Crippen molar-refractivity contribution in [1.82, 2.24) is 14.7 Å². The maximum Gasteiger partial charge on any atom is 0.137 e.